The number of halogens is 2. The monoisotopic (exact) mass is 478 g/mol. The lowest BCUT2D eigenvalue weighted by atomic mass is 9.78. The maximum Gasteiger partial charge on any atom is 0.163 e. The first-order chi connectivity index (χ1) is 16.0. The molecule has 0 aromatic heterocycles. The molecule has 2 unspecified atom stereocenters. The number of nitrogens with one attached hydrogen (secondary N) is 2. The molecule has 1 aliphatic heterocycles. The molecule has 0 radical (unpaired) electrons. The number of hydrogen-bond donors (Lipinski definition) is 2. The van der Waals surface area contributed by atoms with Crippen LogP contribution in [0.5, 0.6) is 5.75 Å². The molecule has 0 amide bonds. The van der Waals surface area contributed by atoms with Crippen molar-refractivity contribution in [1.82, 2.24) is 0 Å². The largest absolute Gasteiger partial charge is 0.492 e. The van der Waals surface area contributed by atoms with Crippen LogP contribution in [0.4, 0.5) is 11.4 Å². The highest BCUT2D eigenvalue weighted by atomic mass is 35.5. The lowest BCUT2D eigenvalue weighted by Crippen LogP contribution is -2.26. The third-order valence-corrected chi connectivity index (χ3v) is 6.79. The molecular weight excluding hydrogens is 455 g/mol. The van der Waals surface area contributed by atoms with Gasteiger partial charge in [0, 0.05) is 22.7 Å². The molecule has 6 heteroatoms. The molecule has 3 aromatic carbocycles. The van der Waals surface area contributed by atoms with E-state index in [4.69, 9.17) is 27.9 Å². The van der Waals surface area contributed by atoms with Gasteiger partial charge in [-0.05, 0) is 66.8 Å². The molecule has 2 aliphatic rings. The van der Waals surface area contributed by atoms with Crippen LogP contribution in [0.2, 0.25) is 10.0 Å². The van der Waals surface area contributed by atoms with E-state index in [1.54, 1.807) is 0 Å². The third kappa shape index (κ3) is 4.33. The van der Waals surface area contributed by atoms with Crippen molar-refractivity contribution >= 4 is 40.4 Å². The SMILES string of the molecule is CCOc1ccc(C2Nc3ccccc3NC3=C2C(=O)CC(c2ccc(Cl)cc2)C3)cc1Cl. The third-order valence-electron chi connectivity index (χ3n) is 6.24. The summed E-state index contributed by atoms with van der Waals surface area (Å²) in [6.07, 6.45) is 1.18. The second kappa shape index (κ2) is 9.12. The van der Waals surface area contributed by atoms with E-state index in [2.05, 4.69) is 10.6 Å². The van der Waals surface area contributed by atoms with Crippen LogP contribution in [-0.4, -0.2) is 12.4 Å². The van der Waals surface area contributed by atoms with Gasteiger partial charge in [0.25, 0.3) is 0 Å². The van der Waals surface area contributed by atoms with E-state index in [0.29, 0.717) is 28.8 Å². The van der Waals surface area contributed by atoms with E-state index in [0.717, 1.165) is 40.2 Å². The van der Waals surface area contributed by atoms with Gasteiger partial charge in [-0.25, -0.2) is 0 Å². The number of fused-ring (bicyclic) bond motifs is 1. The van der Waals surface area contributed by atoms with Crippen LogP contribution in [0.25, 0.3) is 0 Å². The van der Waals surface area contributed by atoms with Crippen molar-refractivity contribution in [3.63, 3.8) is 0 Å². The molecule has 1 aliphatic carbocycles. The lowest BCUT2D eigenvalue weighted by Gasteiger charge is -2.30. The van der Waals surface area contributed by atoms with Crippen molar-refractivity contribution in [2.45, 2.75) is 31.7 Å². The Labute approximate surface area is 203 Å². The molecule has 0 fully saturated rings. The van der Waals surface area contributed by atoms with Crippen LogP contribution in [0, 0.1) is 0 Å². The van der Waals surface area contributed by atoms with Gasteiger partial charge < -0.3 is 15.4 Å². The minimum Gasteiger partial charge on any atom is -0.492 e. The van der Waals surface area contributed by atoms with Gasteiger partial charge >= 0.3 is 0 Å². The first kappa shape index (κ1) is 21.9. The molecule has 2 atom stereocenters. The molecule has 33 heavy (non-hydrogen) atoms. The zero-order chi connectivity index (χ0) is 22.9. The van der Waals surface area contributed by atoms with E-state index in [9.17, 15) is 4.79 Å². The number of benzene rings is 3. The van der Waals surface area contributed by atoms with E-state index < -0.39 is 0 Å². The maximum atomic E-state index is 13.6. The van der Waals surface area contributed by atoms with Crippen molar-refractivity contribution in [2.24, 2.45) is 0 Å². The van der Waals surface area contributed by atoms with Gasteiger partial charge in [-0.3, -0.25) is 4.79 Å². The summed E-state index contributed by atoms with van der Waals surface area (Å²) in [6, 6.07) is 21.2. The number of ether oxygens (including phenoxy) is 1. The predicted octanol–water partition coefficient (Wildman–Crippen LogP) is 7.37. The molecule has 0 spiro atoms. The average molecular weight is 479 g/mol. The van der Waals surface area contributed by atoms with Crippen molar-refractivity contribution < 1.29 is 9.53 Å². The van der Waals surface area contributed by atoms with E-state index in [1.165, 1.54) is 0 Å². The Morgan fingerprint density at radius 2 is 1.67 bits per heavy atom. The fourth-order valence-corrected chi connectivity index (χ4v) is 5.05. The van der Waals surface area contributed by atoms with Crippen molar-refractivity contribution in [3.8, 4) is 5.75 Å². The highest BCUT2D eigenvalue weighted by Crippen LogP contribution is 2.45. The fraction of sp³-hybridized carbons (Fsp3) is 0.222. The number of carbonyl (C=O) groups excluding carboxylic acids is 1. The zero-order valence-electron chi connectivity index (χ0n) is 18.2. The number of Topliss-reactive ketones (excluding diaryl/α,β-unsaturated/α-hetero) is 1. The summed E-state index contributed by atoms with van der Waals surface area (Å²) in [5, 5.41) is 8.38. The van der Waals surface area contributed by atoms with E-state index >= 15 is 0 Å². The van der Waals surface area contributed by atoms with Crippen LogP contribution < -0.4 is 15.4 Å². The summed E-state index contributed by atoms with van der Waals surface area (Å²) in [7, 11) is 0. The summed E-state index contributed by atoms with van der Waals surface area (Å²) >= 11 is 12.6. The van der Waals surface area contributed by atoms with E-state index in [1.807, 2.05) is 73.7 Å². The van der Waals surface area contributed by atoms with Crippen LogP contribution in [-0.2, 0) is 4.79 Å². The number of para-hydroxylation sites is 2. The Hall–Kier alpha value is -2.95. The van der Waals surface area contributed by atoms with Crippen molar-refractivity contribution in [1.29, 1.82) is 0 Å². The Kier molecular flexibility index (Phi) is 6.05. The maximum absolute atomic E-state index is 13.6. The molecule has 3 aromatic rings. The molecule has 0 saturated heterocycles. The molecule has 0 bridgehead atoms. The topological polar surface area (TPSA) is 50.4 Å². The number of rotatable bonds is 4. The van der Waals surface area contributed by atoms with Gasteiger partial charge in [-0.2, -0.15) is 0 Å². The first-order valence-electron chi connectivity index (χ1n) is 11.1. The van der Waals surface area contributed by atoms with Crippen LogP contribution in [0.1, 0.15) is 42.9 Å². The molecule has 5 rings (SSSR count). The molecule has 168 valence electrons. The minimum atomic E-state index is -0.317. The molecular formula is C27H24Cl2N2O2. The summed E-state index contributed by atoms with van der Waals surface area (Å²) < 4.78 is 5.61. The second-order valence-corrected chi connectivity index (χ2v) is 9.19. The van der Waals surface area contributed by atoms with Crippen molar-refractivity contribution in [3.05, 3.63) is 99.2 Å². The van der Waals surface area contributed by atoms with Gasteiger partial charge in [-0.1, -0.05) is 53.5 Å². The van der Waals surface area contributed by atoms with Gasteiger partial charge in [0.15, 0.2) is 5.78 Å². The quantitative estimate of drug-likeness (QED) is 0.410. The zero-order valence-corrected chi connectivity index (χ0v) is 19.7. The smallest absolute Gasteiger partial charge is 0.163 e. The van der Waals surface area contributed by atoms with Crippen LogP contribution >= 0.6 is 23.2 Å². The summed E-state index contributed by atoms with van der Waals surface area (Å²) in [4.78, 5) is 13.6. The van der Waals surface area contributed by atoms with Gasteiger partial charge in [0.05, 0.1) is 29.0 Å². The number of anilines is 2. The second-order valence-electron chi connectivity index (χ2n) is 8.34. The summed E-state index contributed by atoms with van der Waals surface area (Å²) in [5.41, 5.74) is 5.64. The molecule has 4 nitrogen and oxygen atoms in total. The minimum absolute atomic E-state index is 0.0934. The van der Waals surface area contributed by atoms with Crippen LogP contribution in [0.3, 0.4) is 0 Å². The highest BCUT2D eigenvalue weighted by molar-refractivity contribution is 6.32. The standard InChI is InChI=1S/C27H24Cl2N2O2/c1-2-33-25-12-9-17(13-20(25)29)27-26-23(30-21-5-3-4-6-22(21)31-27)14-18(15-24(26)32)16-7-10-19(28)11-8-16/h3-13,18,27,30-31H,2,14-15H2,1H3. The molecule has 0 saturated carbocycles. The summed E-state index contributed by atoms with van der Waals surface area (Å²) in [6.45, 7) is 2.46. The number of carbonyl (C=O) groups is 1. The average Bonchev–Trinajstić information content (AvgIpc) is 2.98. The van der Waals surface area contributed by atoms with Gasteiger partial charge in [0.2, 0.25) is 0 Å². The number of ketones is 1. The predicted molar refractivity (Wildman–Crippen MR) is 135 cm³/mol. The van der Waals surface area contributed by atoms with Gasteiger partial charge in [-0.15, -0.1) is 0 Å². The Morgan fingerprint density at radius 3 is 2.39 bits per heavy atom. The Bertz CT molecular complexity index is 1240. The summed E-state index contributed by atoms with van der Waals surface area (Å²) in [5.74, 6) is 0.858. The van der Waals surface area contributed by atoms with Crippen LogP contribution in [0.15, 0.2) is 78.0 Å². The lowest BCUT2D eigenvalue weighted by molar-refractivity contribution is -0.116. The Balaban J connectivity index is 1.58. The Morgan fingerprint density at radius 1 is 0.939 bits per heavy atom. The number of hydrogen-bond acceptors (Lipinski definition) is 4. The highest BCUT2D eigenvalue weighted by Gasteiger charge is 2.36. The molecule has 1 heterocycles. The molecule has 2 N–H and O–H groups in total. The fourth-order valence-electron chi connectivity index (χ4n) is 4.68. The van der Waals surface area contributed by atoms with Gasteiger partial charge in [0.1, 0.15) is 5.75 Å². The van der Waals surface area contributed by atoms with Crippen molar-refractivity contribution in [2.75, 3.05) is 17.2 Å². The first-order valence-corrected chi connectivity index (χ1v) is 11.9. The van der Waals surface area contributed by atoms with E-state index in [-0.39, 0.29) is 17.7 Å². The normalized spacial score (nSPS) is 19.7. The number of allylic oxidation sites excluding steroid dienone is 1.